The second-order valence-corrected chi connectivity index (χ2v) is 6.49. The van der Waals surface area contributed by atoms with E-state index >= 15 is 0 Å². The number of rotatable bonds is 3. The third kappa shape index (κ3) is 2.57. The molecule has 7 heteroatoms. The van der Waals surface area contributed by atoms with Crippen LogP contribution < -0.4 is 14.8 Å². The summed E-state index contributed by atoms with van der Waals surface area (Å²) < 4.78 is 12.8. The van der Waals surface area contributed by atoms with E-state index in [4.69, 9.17) is 21.1 Å². The number of carbonyl (C=O) groups excluding carboxylic acids is 1. The Balaban J connectivity index is 1.95. The molecule has 1 aliphatic heterocycles. The standard InChI is InChI=1S/C19H18ClN3O3/c1-25-14-7-6-11(17(20)19(14)26-2)12-9-16(24)21-10-13-18(12)23-8-4-3-5-15(23)22-13/h3-8,12H,9-10H2,1-2H3,(H,21,24)/t12-/m1/s1. The van der Waals surface area contributed by atoms with Crippen molar-refractivity contribution in [1.82, 2.24) is 14.7 Å². The predicted molar refractivity (Wildman–Crippen MR) is 98.1 cm³/mol. The van der Waals surface area contributed by atoms with Gasteiger partial charge < -0.3 is 19.2 Å². The molecular weight excluding hydrogens is 354 g/mol. The molecule has 0 fully saturated rings. The van der Waals surface area contributed by atoms with Gasteiger partial charge >= 0.3 is 0 Å². The molecule has 0 bridgehead atoms. The molecule has 3 heterocycles. The number of nitrogens with one attached hydrogen (secondary N) is 1. The Morgan fingerprint density at radius 3 is 2.85 bits per heavy atom. The van der Waals surface area contributed by atoms with Crippen LogP contribution in [0.2, 0.25) is 5.02 Å². The zero-order valence-corrected chi connectivity index (χ0v) is 15.2. The topological polar surface area (TPSA) is 64.9 Å². The Kier molecular flexibility index (Phi) is 4.20. The van der Waals surface area contributed by atoms with Gasteiger partial charge in [-0.3, -0.25) is 4.79 Å². The number of hydrogen-bond donors (Lipinski definition) is 1. The van der Waals surface area contributed by atoms with Gasteiger partial charge in [0.25, 0.3) is 0 Å². The van der Waals surface area contributed by atoms with Crippen molar-refractivity contribution in [2.24, 2.45) is 0 Å². The van der Waals surface area contributed by atoms with E-state index in [1.54, 1.807) is 14.2 Å². The van der Waals surface area contributed by atoms with Crippen LogP contribution in [0.3, 0.4) is 0 Å². The molecule has 0 saturated heterocycles. The Hall–Kier alpha value is -2.73. The molecule has 3 aromatic rings. The molecule has 6 nitrogen and oxygen atoms in total. The summed E-state index contributed by atoms with van der Waals surface area (Å²) in [6.45, 7) is 0.400. The fourth-order valence-corrected chi connectivity index (χ4v) is 3.89. The predicted octanol–water partition coefficient (Wildman–Crippen LogP) is 3.16. The van der Waals surface area contributed by atoms with Crippen LogP contribution in [-0.2, 0) is 11.3 Å². The van der Waals surface area contributed by atoms with Crippen molar-refractivity contribution in [1.29, 1.82) is 0 Å². The zero-order chi connectivity index (χ0) is 18.3. The zero-order valence-electron chi connectivity index (χ0n) is 14.5. The van der Waals surface area contributed by atoms with Gasteiger partial charge in [0.2, 0.25) is 5.91 Å². The number of pyridine rings is 1. The average Bonchev–Trinajstić information content (AvgIpc) is 2.94. The van der Waals surface area contributed by atoms with Gasteiger partial charge in [0, 0.05) is 18.5 Å². The largest absolute Gasteiger partial charge is 0.493 e. The maximum Gasteiger partial charge on any atom is 0.221 e. The maximum atomic E-state index is 12.3. The molecule has 4 rings (SSSR count). The number of imidazole rings is 1. The SMILES string of the molecule is COc1ccc([C@H]2CC(=O)NCc3nc4ccccn4c32)c(Cl)c1OC. The van der Waals surface area contributed by atoms with Gasteiger partial charge in [-0.2, -0.15) is 0 Å². The number of benzene rings is 1. The van der Waals surface area contributed by atoms with Gasteiger partial charge in [-0.25, -0.2) is 4.98 Å². The Morgan fingerprint density at radius 1 is 1.23 bits per heavy atom. The molecule has 0 saturated carbocycles. The Labute approximate surface area is 155 Å². The number of nitrogens with zero attached hydrogens (tertiary/aromatic N) is 2. The second kappa shape index (κ2) is 6.53. The van der Waals surface area contributed by atoms with Crippen LogP contribution in [-0.4, -0.2) is 29.5 Å². The summed E-state index contributed by atoms with van der Waals surface area (Å²) >= 11 is 6.65. The van der Waals surface area contributed by atoms with Crippen LogP contribution in [0.15, 0.2) is 36.5 Å². The average molecular weight is 372 g/mol. The van der Waals surface area contributed by atoms with Crippen LogP contribution in [0.4, 0.5) is 0 Å². The van der Waals surface area contributed by atoms with E-state index in [1.807, 2.05) is 40.9 Å². The number of aromatic nitrogens is 2. The van der Waals surface area contributed by atoms with E-state index in [0.717, 1.165) is 22.6 Å². The van der Waals surface area contributed by atoms with Gasteiger partial charge in [0.1, 0.15) is 5.65 Å². The molecule has 0 spiro atoms. The van der Waals surface area contributed by atoms with Crippen molar-refractivity contribution in [2.75, 3.05) is 14.2 Å². The summed E-state index contributed by atoms with van der Waals surface area (Å²) in [7, 11) is 3.11. The van der Waals surface area contributed by atoms with Crippen LogP contribution in [0.1, 0.15) is 29.3 Å². The summed E-state index contributed by atoms with van der Waals surface area (Å²) in [6.07, 6.45) is 2.24. The lowest BCUT2D eigenvalue weighted by Crippen LogP contribution is -2.21. The van der Waals surface area contributed by atoms with Crippen molar-refractivity contribution in [3.63, 3.8) is 0 Å². The van der Waals surface area contributed by atoms with Crippen LogP contribution >= 0.6 is 11.6 Å². The fraction of sp³-hybridized carbons (Fsp3) is 0.263. The molecule has 0 radical (unpaired) electrons. The highest BCUT2D eigenvalue weighted by atomic mass is 35.5. The highest BCUT2D eigenvalue weighted by Crippen LogP contribution is 2.44. The number of fused-ring (bicyclic) bond motifs is 3. The number of amides is 1. The number of methoxy groups -OCH3 is 2. The molecule has 26 heavy (non-hydrogen) atoms. The molecular formula is C19H18ClN3O3. The van der Waals surface area contributed by atoms with Crippen molar-refractivity contribution in [3.8, 4) is 11.5 Å². The molecule has 2 aromatic heterocycles. The summed E-state index contributed by atoms with van der Waals surface area (Å²) in [4.78, 5) is 17.0. The lowest BCUT2D eigenvalue weighted by Gasteiger charge is -2.20. The highest BCUT2D eigenvalue weighted by molar-refractivity contribution is 6.33. The minimum atomic E-state index is -0.239. The lowest BCUT2D eigenvalue weighted by molar-refractivity contribution is -0.121. The molecule has 0 unspecified atom stereocenters. The first-order chi connectivity index (χ1) is 12.6. The summed E-state index contributed by atoms with van der Waals surface area (Å²) in [5.41, 5.74) is 3.47. The first-order valence-corrected chi connectivity index (χ1v) is 8.64. The summed E-state index contributed by atoms with van der Waals surface area (Å²) in [6, 6.07) is 9.54. The minimum Gasteiger partial charge on any atom is -0.493 e. The molecule has 134 valence electrons. The van der Waals surface area contributed by atoms with Gasteiger partial charge in [-0.1, -0.05) is 23.7 Å². The normalized spacial score (nSPS) is 16.7. The molecule has 1 aromatic carbocycles. The first kappa shape index (κ1) is 16.7. The van der Waals surface area contributed by atoms with Gasteiger partial charge in [-0.15, -0.1) is 0 Å². The van der Waals surface area contributed by atoms with E-state index in [0.29, 0.717) is 23.1 Å². The molecule has 0 aliphatic carbocycles. The first-order valence-electron chi connectivity index (χ1n) is 8.27. The lowest BCUT2D eigenvalue weighted by atomic mass is 9.91. The summed E-state index contributed by atoms with van der Waals surface area (Å²) in [5.74, 6) is 0.741. The highest BCUT2D eigenvalue weighted by Gasteiger charge is 2.31. The molecule has 1 N–H and O–H groups in total. The third-order valence-electron chi connectivity index (χ3n) is 4.71. The maximum absolute atomic E-state index is 12.3. The third-order valence-corrected chi connectivity index (χ3v) is 5.10. The fourth-order valence-electron chi connectivity index (χ4n) is 3.53. The van der Waals surface area contributed by atoms with Gasteiger partial charge in [0.05, 0.1) is 37.2 Å². The number of carbonyl (C=O) groups is 1. The molecule has 1 amide bonds. The molecule has 1 aliphatic rings. The molecule has 1 atom stereocenters. The number of halogens is 1. The Morgan fingerprint density at radius 2 is 2.08 bits per heavy atom. The van der Waals surface area contributed by atoms with Crippen molar-refractivity contribution < 1.29 is 14.3 Å². The van der Waals surface area contributed by atoms with Gasteiger partial charge in [0.15, 0.2) is 11.5 Å². The van der Waals surface area contributed by atoms with Crippen LogP contribution in [0, 0.1) is 0 Å². The van der Waals surface area contributed by atoms with E-state index in [1.165, 1.54) is 0 Å². The Bertz CT molecular complexity index is 999. The van der Waals surface area contributed by atoms with Gasteiger partial charge in [-0.05, 0) is 23.8 Å². The number of hydrogen-bond acceptors (Lipinski definition) is 4. The van der Waals surface area contributed by atoms with E-state index < -0.39 is 0 Å². The quantitative estimate of drug-likeness (QED) is 0.768. The van der Waals surface area contributed by atoms with Crippen molar-refractivity contribution in [3.05, 3.63) is 58.5 Å². The summed E-state index contributed by atoms with van der Waals surface area (Å²) in [5, 5.41) is 3.37. The second-order valence-electron chi connectivity index (χ2n) is 6.11. The van der Waals surface area contributed by atoms with Crippen molar-refractivity contribution in [2.45, 2.75) is 18.9 Å². The monoisotopic (exact) mass is 371 g/mol. The van der Waals surface area contributed by atoms with Crippen molar-refractivity contribution >= 4 is 23.2 Å². The van der Waals surface area contributed by atoms with Crippen LogP contribution in [0.25, 0.3) is 5.65 Å². The number of ether oxygens (including phenoxy) is 2. The van der Waals surface area contributed by atoms with E-state index in [-0.39, 0.29) is 18.2 Å². The van der Waals surface area contributed by atoms with Crippen LogP contribution in [0.5, 0.6) is 11.5 Å². The smallest absolute Gasteiger partial charge is 0.221 e. The minimum absolute atomic E-state index is 0.0384. The van der Waals surface area contributed by atoms with E-state index in [9.17, 15) is 4.79 Å². The van der Waals surface area contributed by atoms with E-state index in [2.05, 4.69) is 10.3 Å².